The van der Waals surface area contributed by atoms with Crippen molar-refractivity contribution in [3.63, 3.8) is 0 Å². The van der Waals surface area contributed by atoms with E-state index in [2.05, 4.69) is 5.32 Å². The van der Waals surface area contributed by atoms with Crippen LogP contribution in [-0.2, 0) is 0 Å². The van der Waals surface area contributed by atoms with Gasteiger partial charge in [-0.25, -0.2) is 4.79 Å². The third kappa shape index (κ3) is 2.63. The Bertz CT molecular complexity index is 1040. The second-order valence-corrected chi connectivity index (χ2v) is 5.86. The molecule has 0 saturated carbocycles. The summed E-state index contributed by atoms with van der Waals surface area (Å²) in [5.41, 5.74) is 8.62. The molecule has 0 aliphatic carbocycles. The SMILES string of the molecule is CNc1ccn2c(C(=O)c3ccc(N)c(OC)c3)c(C)c(C(=O)O)c2c1. The van der Waals surface area contributed by atoms with Gasteiger partial charge in [-0.2, -0.15) is 0 Å². The van der Waals surface area contributed by atoms with Crippen molar-refractivity contribution >= 4 is 28.6 Å². The van der Waals surface area contributed by atoms with Gasteiger partial charge in [-0.3, -0.25) is 4.79 Å². The molecule has 3 aromatic rings. The maximum atomic E-state index is 13.1. The van der Waals surface area contributed by atoms with Crippen molar-refractivity contribution in [3.8, 4) is 5.75 Å². The van der Waals surface area contributed by atoms with Gasteiger partial charge in [0.25, 0.3) is 0 Å². The number of nitrogens with two attached hydrogens (primary N) is 1. The molecule has 2 aromatic heterocycles. The summed E-state index contributed by atoms with van der Waals surface area (Å²) in [6, 6.07) is 8.23. The smallest absolute Gasteiger partial charge is 0.338 e. The fourth-order valence-electron chi connectivity index (χ4n) is 3.07. The summed E-state index contributed by atoms with van der Waals surface area (Å²) in [5.74, 6) is -0.993. The van der Waals surface area contributed by atoms with Crippen molar-refractivity contribution in [2.24, 2.45) is 0 Å². The van der Waals surface area contributed by atoms with E-state index in [9.17, 15) is 14.7 Å². The van der Waals surface area contributed by atoms with Gasteiger partial charge in [0, 0.05) is 24.5 Å². The number of methoxy groups -OCH3 is 1. The maximum absolute atomic E-state index is 13.1. The molecule has 3 rings (SSSR count). The number of ether oxygens (including phenoxy) is 1. The van der Waals surface area contributed by atoms with Crippen LogP contribution < -0.4 is 15.8 Å². The largest absolute Gasteiger partial charge is 0.495 e. The van der Waals surface area contributed by atoms with Crippen LogP contribution in [0.2, 0.25) is 0 Å². The Morgan fingerprint density at radius 2 is 1.96 bits per heavy atom. The number of anilines is 2. The first-order chi connectivity index (χ1) is 12.4. The molecule has 26 heavy (non-hydrogen) atoms. The quantitative estimate of drug-likeness (QED) is 0.481. The Hall–Kier alpha value is -3.48. The molecule has 4 N–H and O–H groups in total. The number of nitrogen functional groups attached to an aromatic ring is 1. The van der Waals surface area contributed by atoms with E-state index in [0.29, 0.717) is 33.8 Å². The zero-order valence-corrected chi connectivity index (χ0v) is 14.7. The van der Waals surface area contributed by atoms with Gasteiger partial charge in [0.2, 0.25) is 5.78 Å². The third-order valence-electron chi connectivity index (χ3n) is 4.40. The van der Waals surface area contributed by atoms with Crippen molar-refractivity contribution in [2.45, 2.75) is 6.92 Å². The summed E-state index contributed by atoms with van der Waals surface area (Å²) in [5, 5.41) is 12.6. The molecule has 134 valence electrons. The highest BCUT2D eigenvalue weighted by atomic mass is 16.5. The van der Waals surface area contributed by atoms with E-state index in [1.807, 2.05) is 0 Å². The number of aromatic carboxylic acids is 1. The molecule has 0 amide bonds. The van der Waals surface area contributed by atoms with Crippen LogP contribution in [0.25, 0.3) is 5.52 Å². The minimum absolute atomic E-state index is 0.105. The number of nitrogens with one attached hydrogen (secondary N) is 1. The molecule has 0 fully saturated rings. The van der Waals surface area contributed by atoms with E-state index < -0.39 is 5.97 Å². The number of aromatic nitrogens is 1. The second-order valence-electron chi connectivity index (χ2n) is 5.86. The number of nitrogens with zero attached hydrogens (tertiary/aromatic N) is 1. The first-order valence-corrected chi connectivity index (χ1v) is 7.93. The topological polar surface area (TPSA) is 106 Å². The van der Waals surface area contributed by atoms with Crippen LogP contribution in [-0.4, -0.2) is 35.4 Å². The van der Waals surface area contributed by atoms with Gasteiger partial charge in [0.15, 0.2) is 0 Å². The maximum Gasteiger partial charge on any atom is 0.338 e. The first kappa shape index (κ1) is 17.3. The van der Waals surface area contributed by atoms with Crippen molar-refractivity contribution in [3.05, 3.63) is 58.9 Å². The summed E-state index contributed by atoms with van der Waals surface area (Å²) in [7, 11) is 3.22. The number of carbonyl (C=O) groups excluding carboxylic acids is 1. The summed E-state index contributed by atoms with van der Waals surface area (Å²) in [6.07, 6.45) is 1.68. The summed E-state index contributed by atoms with van der Waals surface area (Å²) in [6.45, 7) is 1.64. The average molecular weight is 353 g/mol. The predicted octanol–water partition coefficient (Wildman–Crippen LogP) is 2.81. The molecular formula is C19H19N3O4. The molecule has 0 bridgehead atoms. The fraction of sp³-hybridized carbons (Fsp3) is 0.158. The van der Waals surface area contributed by atoms with Crippen LogP contribution >= 0.6 is 0 Å². The normalized spacial score (nSPS) is 10.7. The lowest BCUT2D eigenvalue weighted by Crippen LogP contribution is -2.08. The molecule has 7 heteroatoms. The molecule has 0 saturated heterocycles. The van der Waals surface area contributed by atoms with Crippen LogP contribution in [0.15, 0.2) is 36.5 Å². The van der Waals surface area contributed by atoms with E-state index in [0.717, 1.165) is 5.69 Å². The number of carbonyl (C=O) groups is 2. The Balaban J connectivity index is 2.26. The van der Waals surface area contributed by atoms with Gasteiger partial charge in [-0.1, -0.05) is 0 Å². The number of fused-ring (bicyclic) bond motifs is 1. The van der Waals surface area contributed by atoms with E-state index >= 15 is 0 Å². The average Bonchev–Trinajstić information content (AvgIpc) is 2.92. The molecule has 7 nitrogen and oxygen atoms in total. The van der Waals surface area contributed by atoms with Crippen molar-refractivity contribution in [1.29, 1.82) is 0 Å². The number of hydrogen-bond acceptors (Lipinski definition) is 5. The van der Waals surface area contributed by atoms with E-state index in [4.69, 9.17) is 10.5 Å². The van der Waals surface area contributed by atoms with E-state index in [1.165, 1.54) is 7.11 Å². The summed E-state index contributed by atoms with van der Waals surface area (Å²) >= 11 is 0. The number of ketones is 1. The highest BCUT2D eigenvalue weighted by Gasteiger charge is 2.25. The summed E-state index contributed by atoms with van der Waals surface area (Å²) < 4.78 is 6.78. The van der Waals surface area contributed by atoms with E-state index in [1.54, 1.807) is 54.9 Å². The number of carboxylic acids is 1. The van der Waals surface area contributed by atoms with Crippen LogP contribution in [0, 0.1) is 6.92 Å². The number of rotatable bonds is 5. The van der Waals surface area contributed by atoms with Gasteiger partial charge < -0.3 is 25.3 Å². The highest BCUT2D eigenvalue weighted by Crippen LogP contribution is 2.29. The zero-order valence-electron chi connectivity index (χ0n) is 14.7. The van der Waals surface area contributed by atoms with Gasteiger partial charge in [0.1, 0.15) is 5.75 Å². The Morgan fingerprint density at radius 3 is 2.58 bits per heavy atom. The Morgan fingerprint density at radius 1 is 1.23 bits per heavy atom. The number of pyridine rings is 1. The number of carboxylic acid groups (broad SMARTS) is 1. The minimum atomic E-state index is -1.08. The number of hydrogen-bond donors (Lipinski definition) is 3. The molecule has 0 unspecified atom stereocenters. The molecule has 0 spiro atoms. The minimum Gasteiger partial charge on any atom is -0.495 e. The van der Waals surface area contributed by atoms with Crippen molar-refractivity contribution in [1.82, 2.24) is 4.40 Å². The zero-order chi connectivity index (χ0) is 19.0. The predicted molar refractivity (Wildman–Crippen MR) is 99.5 cm³/mol. The molecule has 0 atom stereocenters. The lowest BCUT2D eigenvalue weighted by molar-refractivity contribution is 0.0698. The van der Waals surface area contributed by atoms with Gasteiger partial charge in [0.05, 0.1) is 29.6 Å². The molecule has 0 radical (unpaired) electrons. The van der Waals surface area contributed by atoms with E-state index in [-0.39, 0.29) is 11.3 Å². The Kier molecular flexibility index (Phi) is 4.29. The molecule has 0 aliphatic heterocycles. The van der Waals surface area contributed by atoms with Crippen LogP contribution in [0.1, 0.15) is 32.0 Å². The lowest BCUT2D eigenvalue weighted by Gasteiger charge is -2.08. The van der Waals surface area contributed by atoms with Crippen LogP contribution in [0.3, 0.4) is 0 Å². The second kappa shape index (κ2) is 6.44. The summed E-state index contributed by atoms with van der Waals surface area (Å²) in [4.78, 5) is 24.9. The molecule has 1 aromatic carbocycles. The third-order valence-corrected chi connectivity index (χ3v) is 4.40. The molecular weight excluding hydrogens is 334 g/mol. The molecule has 0 aliphatic rings. The van der Waals surface area contributed by atoms with Crippen LogP contribution in [0.4, 0.5) is 11.4 Å². The van der Waals surface area contributed by atoms with Gasteiger partial charge >= 0.3 is 5.97 Å². The Labute approximate surface area is 150 Å². The highest BCUT2D eigenvalue weighted by molar-refractivity contribution is 6.13. The van der Waals surface area contributed by atoms with Crippen molar-refractivity contribution < 1.29 is 19.4 Å². The standard InChI is InChI=1S/C19H19N3O4/c1-10-16(19(24)25)14-9-12(21-2)6-7-22(14)17(10)18(23)11-4-5-13(20)15(8-11)26-3/h4-9,21H,20H2,1-3H3,(H,24,25). The fourth-order valence-corrected chi connectivity index (χ4v) is 3.07. The number of benzene rings is 1. The lowest BCUT2D eigenvalue weighted by atomic mass is 10.0. The monoisotopic (exact) mass is 353 g/mol. The molecule has 2 heterocycles. The van der Waals surface area contributed by atoms with Gasteiger partial charge in [-0.15, -0.1) is 0 Å². The van der Waals surface area contributed by atoms with Crippen molar-refractivity contribution in [2.75, 3.05) is 25.2 Å². The van der Waals surface area contributed by atoms with Crippen LogP contribution in [0.5, 0.6) is 5.75 Å². The van der Waals surface area contributed by atoms with Gasteiger partial charge in [-0.05, 0) is 42.8 Å². The first-order valence-electron chi connectivity index (χ1n) is 7.93.